The van der Waals surface area contributed by atoms with Crippen molar-refractivity contribution in [3.8, 4) is 0 Å². The maximum Gasteiger partial charge on any atom is 0.339 e. The van der Waals surface area contributed by atoms with Gasteiger partial charge in [-0.2, -0.15) is 0 Å². The minimum absolute atomic E-state index is 0.0845. The molecule has 0 radical (unpaired) electrons. The molecule has 120 valence electrons. The molecular formula is C15H7F2I3O3. The van der Waals surface area contributed by atoms with Crippen LogP contribution in [0.1, 0.15) is 26.3 Å². The van der Waals surface area contributed by atoms with Crippen LogP contribution in [-0.2, 0) is 6.42 Å². The summed E-state index contributed by atoms with van der Waals surface area (Å²) in [5.74, 6) is -5.05. The number of carbonyl (C=O) groups excluding carboxylic acids is 1. The number of carbonyl (C=O) groups is 2. The van der Waals surface area contributed by atoms with Crippen molar-refractivity contribution >= 4 is 79.5 Å². The highest BCUT2D eigenvalue weighted by molar-refractivity contribution is 14.1. The van der Waals surface area contributed by atoms with Crippen LogP contribution in [0.2, 0.25) is 0 Å². The average molecular weight is 654 g/mol. The summed E-state index contributed by atoms with van der Waals surface area (Å²) in [6, 6.07) is 5.54. The summed E-state index contributed by atoms with van der Waals surface area (Å²) < 4.78 is 29.7. The van der Waals surface area contributed by atoms with E-state index in [1.165, 1.54) is 0 Å². The van der Waals surface area contributed by atoms with E-state index in [9.17, 15) is 18.4 Å². The molecule has 0 amide bonds. The third-order valence-corrected chi connectivity index (χ3v) is 5.60. The van der Waals surface area contributed by atoms with Crippen LogP contribution in [0, 0.1) is 22.3 Å². The largest absolute Gasteiger partial charge is 0.478 e. The molecule has 2 aromatic carbocycles. The van der Waals surface area contributed by atoms with E-state index in [4.69, 9.17) is 5.11 Å². The zero-order chi connectivity index (χ0) is 17.3. The van der Waals surface area contributed by atoms with Crippen molar-refractivity contribution in [2.45, 2.75) is 6.42 Å². The predicted octanol–water partition coefficient (Wildman–Crippen LogP) is 4.90. The van der Waals surface area contributed by atoms with Crippen LogP contribution in [0.3, 0.4) is 0 Å². The first-order valence-corrected chi connectivity index (χ1v) is 9.34. The SMILES string of the molecule is O=C(Cc1c(I)cc(I)cc1I)c1ccc(F)c(F)c1C(=O)O. The second-order valence-corrected chi connectivity index (χ2v) is 8.11. The number of benzene rings is 2. The van der Waals surface area contributed by atoms with E-state index in [1.54, 1.807) is 0 Å². The summed E-state index contributed by atoms with van der Waals surface area (Å²) in [7, 11) is 0. The Labute approximate surface area is 171 Å². The molecule has 0 aromatic heterocycles. The number of Topliss-reactive ketones (excluding diaryl/α,β-unsaturated/α-hetero) is 1. The van der Waals surface area contributed by atoms with E-state index >= 15 is 0 Å². The van der Waals surface area contributed by atoms with Gasteiger partial charge in [0.2, 0.25) is 0 Å². The Balaban J connectivity index is 2.47. The van der Waals surface area contributed by atoms with Crippen LogP contribution >= 0.6 is 67.8 Å². The molecule has 0 fully saturated rings. The first kappa shape index (κ1) is 19.0. The number of carboxylic acids is 1. The minimum atomic E-state index is -1.67. The lowest BCUT2D eigenvalue weighted by Crippen LogP contribution is -2.15. The van der Waals surface area contributed by atoms with Crippen LogP contribution < -0.4 is 0 Å². The van der Waals surface area contributed by atoms with Gasteiger partial charge in [-0.3, -0.25) is 4.79 Å². The van der Waals surface area contributed by atoms with Gasteiger partial charge in [-0.05, 0) is 97.6 Å². The number of aromatic carboxylic acids is 1. The fourth-order valence-corrected chi connectivity index (χ4v) is 5.95. The van der Waals surface area contributed by atoms with Crippen molar-refractivity contribution in [3.05, 3.63) is 63.3 Å². The zero-order valence-electron chi connectivity index (χ0n) is 11.2. The van der Waals surface area contributed by atoms with Crippen molar-refractivity contribution in [3.63, 3.8) is 0 Å². The standard InChI is InChI=1S/C15H7F2I3O3/c16-9-2-1-7(13(14(9)17)15(22)23)12(21)5-8-10(19)3-6(18)4-11(8)20/h1-4H,5H2,(H,22,23). The molecule has 0 bridgehead atoms. The van der Waals surface area contributed by atoms with Crippen LogP contribution in [-0.4, -0.2) is 16.9 Å². The quantitative estimate of drug-likeness (QED) is 0.378. The van der Waals surface area contributed by atoms with Gasteiger partial charge in [0.1, 0.15) is 5.56 Å². The Hall–Kier alpha value is -0.370. The van der Waals surface area contributed by atoms with Gasteiger partial charge in [0, 0.05) is 22.7 Å². The maximum absolute atomic E-state index is 13.7. The highest BCUT2D eigenvalue weighted by Crippen LogP contribution is 2.25. The molecule has 0 aliphatic carbocycles. The van der Waals surface area contributed by atoms with E-state index in [0.29, 0.717) is 0 Å². The van der Waals surface area contributed by atoms with Crippen molar-refractivity contribution in [2.24, 2.45) is 0 Å². The highest BCUT2D eigenvalue weighted by atomic mass is 127. The fourth-order valence-electron chi connectivity index (χ4n) is 1.99. The summed E-state index contributed by atoms with van der Waals surface area (Å²) in [4.78, 5) is 23.6. The molecule has 0 saturated heterocycles. The molecule has 2 aromatic rings. The van der Waals surface area contributed by atoms with Gasteiger partial charge in [0.15, 0.2) is 17.4 Å². The third-order valence-electron chi connectivity index (χ3n) is 3.05. The first-order chi connectivity index (χ1) is 10.7. The average Bonchev–Trinajstić information content (AvgIpc) is 2.44. The number of ketones is 1. The molecule has 1 N–H and O–H groups in total. The van der Waals surface area contributed by atoms with E-state index in [-0.39, 0.29) is 12.0 Å². The van der Waals surface area contributed by atoms with E-state index in [1.807, 2.05) is 12.1 Å². The third kappa shape index (κ3) is 4.18. The number of hydrogen-bond acceptors (Lipinski definition) is 2. The van der Waals surface area contributed by atoms with Gasteiger partial charge in [0.05, 0.1) is 0 Å². The van der Waals surface area contributed by atoms with Gasteiger partial charge < -0.3 is 5.11 Å². The Kier molecular flexibility index (Phi) is 6.33. The van der Waals surface area contributed by atoms with E-state index < -0.39 is 29.0 Å². The molecule has 0 aliphatic heterocycles. The second kappa shape index (κ2) is 7.68. The summed E-state index contributed by atoms with van der Waals surface area (Å²) in [6.07, 6.45) is -0.0845. The Bertz CT molecular complexity index is 799. The van der Waals surface area contributed by atoms with Crippen LogP contribution in [0.25, 0.3) is 0 Å². The smallest absolute Gasteiger partial charge is 0.339 e. The topological polar surface area (TPSA) is 54.4 Å². The molecule has 8 heteroatoms. The van der Waals surface area contributed by atoms with Gasteiger partial charge in [-0.15, -0.1) is 0 Å². The Morgan fingerprint density at radius 3 is 2.13 bits per heavy atom. The summed E-state index contributed by atoms with van der Waals surface area (Å²) >= 11 is 6.32. The first-order valence-electron chi connectivity index (χ1n) is 6.10. The molecule has 3 nitrogen and oxygen atoms in total. The number of carboxylic acid groups (broad SMARTS) is 1. The molecule has 0 spiro atoms. The van der Waals surface area contributed by atoms with Crippen LogP contribution in [0.5, 0.6) is 0 Å². The van der Waals surface area contributed by atoms with Gasteiger partial charge in [-0.1, -0.05) is 0 Å². The lowest BCUT2D eigenvalue weighted by molar-refractivity contribution is 0.0685. The molecular weight excluding hydrogens is 647 g/mol. The zero-order valence-corrected chi connectivity index (χ0v) is 17.6. The molecule has 23 heavy (non-hydrogen) atoms. The summed E-state index contributed by atoms with van der Waals surface area (Å²) in [5, 5.41) is 9.07. The second-order valence-electron chi connectivity index (χ2n) is 4.54. The molecule has 2 rings (SSSR count). The summed E-state index contributed by atoms with van der Waals surface area (Å²) in [5.41, 5.74) is -0.523. The predicted molar refractivity (Wildman–Crippen MR) is 106 cm³/mol. The molecule has 0 heterocycles. The maximum atomic E-state index is 13.7. The van der Waals surface area contributed by atoms with E-state index in [0.717, 1.165) is 28.4 Å². The van der Waals surface area contributed by atoms with Gasteiger partial charge in [-0.25, -0.2) is 13.6 Å². The van der Waals surface area contributed by atoms with Gasteiger partial charge in [0.25, 0.3) is 0 Å². The lowest BCUT2D eigenvalue weighted by atomic mass is 9.98. The van der Waals surface area contributed by atoms with E-state index in [2.05, 4.69) is 67.8 Å². The molecule has 0 atom stereocenters. The monoisotopic (exact) mass is 654 g/mol. The molecule has 0 aliphatic rings. The van der Waals surface area contributed by atoms with Crippen LogP contribution in [0.15, 0.2) is 24.3 Å². The highest BCUT2D eigenvalue weighted by Gasteiger charge is 2.24. The number of hydrogen-bond donors (Lipinski definition) is 1. The molecule has 0 unspecified atom stereocenters. The number of rotatable bonds is 4. The van der Waals surface area contributed by atoms with Crippen molar-refractivity contribution in [1.82, 2.24) is 0 Å². The lowest BCUT2D eigenvalue weighted by Gasteiger charge is -2.10. The van der Waals surface area contributed by atoms with Gasteiger partial charge >= 0.3 is 5.97 Å². The number of halogens is 5. The van der Waals surface area contributed by atoms with Crippen LogP contribution in [0.4, 0.5) is 8.78 Å². The van der Waals surface area contributed by atoms with Crippen molar-refractivity contribution < 1.29 is 23.5 Å². The Morgan fingerprint density at radius 2 is 1.61 bits per heavy atom. The van der Waals surface area contributed by atoms with Crippen molar-refractivity contribution in [1.29, 1.82) is 0 Å². The Morgan fingerprint density at radius 1 is 1.04 bits per heavy atom. The fraction of sp³-hybridized carbons (Fsp3) is 0.0667. The van der Waals surface area contributed by atoms with Crippen molar-refractivity contribution in [2.75, 3.05) is 0 Å². The minimum Gasteiger partial charge on any atom is -0.478 e. The molecule has 0 saturated carbocycles. The normalized spacial score (nSPS) is 10.7. The summed E-state index contributed by atoms with van der Waals surface area (Å²) in [6.45, 7) is 0.